The van der Waals surface area contributed by atoms with Crippen LogP contribution in [0.2, 0.25) is 5.02 Å². The van der Waals surface area contributed by atoms with Crippen molar-refractivity contribution in [2.45, 2.75) is 18.7 Å². The first kappa shape index (κ1) is 21.0. The number of halogens is 4. The van der Waals surface area contributed by atoms with Crippen molar-refractivity contribution >= 4 is 17.5 Å². The number of aliphatic hydroxyl groups is 1. The number of hydrogen-bond donors (Lipinski definition) is 2. The Morgan fingerprint density at radius 3 is 2.34 bits per heavy atom. The molecule has 3 rings (SSSR count). The van der Waals surface area contributed by atoms with Gasteiger partial charge in [0.25, 0.3) is 5.91 Å². The minimum atomic E-state index is -4.43. The molecule has 1 atom stereocenters. The van der Waals surface area contributed by atoms with Crippen molar-refractivity contribution in [1.82, 2.24) is 9.88 Å². The highest BCUT2D eigenvalue weighted by Gasteiger charge is 2.30. The summed E-state index contributed by atoms with van der Waals surface area (Å²) in [5.41, 5.74) is 0.882. The number of benzene rings is 2. The van der Waals surface area contributed by atoms with Gasteiger partial charge in [-0.05, 0) is 60.5 Å². The molecule has 0 aliphatic rings. The van der Waals surface area contributed by atoms with Gasteiger partial charge in [-0.2, -0.15) is 13.2 Å². The molecule has 2 aromatic carbocycles. The Bertz CT molecular complexity index is 967. The van der Waals surface area contributed by atoms with E-state index in [9.17, 15) is 23.1 Å². The van der Waals surface area contributed by atoms with Gasteiger partial charge in [0, 0.05) is 23.5 Å². The molecular weight excluding hydrogens is 405 g/mol. The summed E-state index contributed by atoms with van der Waals surface area (Å²) in [6.45, 7) is 0.318. The molecule has 29 heavy (non-hydrogen) atoms. The number of aromatic nitrogens is 1. The van der Waals surface area contributed by atoms with Crippen LogP contribution < -0.4 is 5.32 Å². The molecular formula is C21H18ClF3N2O2. The lowest BCUT2D eigenvalue weighted by atomic mass is 10.1. The molecule has 152 valence electrons. The van der Waals surface area contributed by atoms with Crippen molar-refractivity contribution in [2.75, 3.05) is 6.54 Å². The van der Waals surface area contributed by atoms with Crippen molar-refractivity contribution in [3.05, 3.63) is 88.7 Å². The SMILES string of the molecule is O=C(NCCc1ccc(Cl)cc1)C(O)c1cccn1-c1ccc(C(F)(F)F)cc1. The second kappa shape index (κ2) is 8.71. The zero-order valence-electron chi connectivity index (χ0n) is 15.2. The summed E-state index contributed by atoms with van der Waals surface area (Å²) >= 11 is 5.83. The fourth-order valence-electron chi connectivity index (χ4n) is 2.88. The lowest BCUT2D eigenvalue weighted by molar-refractivity contribution is -0.137. The van der Waals surface area contributed by atoms with Gasteiger partial charge in [0.2, 0.25) is 0 Å². The van der Waals surface area contributed by atoms with Gasteiger partial charge < -0.3 is 15.0 Å². The van der Waals surface area contributed by atoms with Gasteiger partial charge in [0.15, 0.2) is 6.10 Å². The Labute approximate surface area is 170 Å². The topological polar surface area (TPSA) is 54.3 Å². The molecule has 0 fully saturated rings. The standard InChI is InChI=1S/C21H18ClF3N2O2/c22-16-7-3-14(4-8-16)11-12-26-20(29)19(28)18-2-1-13-27(18)17-9-5-15(6-10-17)21(23,24)25/h1-10,13,19,28H,11-12H2,(H,26,29). The smallest absolute Gasteiger partial charge is 0.377 e. The van der Waals surface area contributed by atoms with E-state index >= 15 is 0 Å². The molecule has 0 spiro atoms. The maximum Gasteiger partial charge on any atom is 0.416 e. The Kier molecular flexibility index (Phi) is 6.30. The Morgan fingerprint density at radius 1 is 1.07 bits per heavy atom. The second-order valence-corrected chi connectivity index (χ2v) is 6.85. The van der Waals surface area contributed by atoms with E-state index in [2.05, 4.69) is 5.32 Å². The molecule has 0 saturated carbocycles. The predicted molar refractivity (Wildman–Crippen MR) is 104 cm³/mol. The highest BCUT2D eigenvalue weighted by molar-refractivity contribution is 6.30. The van der Waals surface area contributed by atoms with E-state index < -0.39 is 23.8 Å². The summed E-state index contributed by atoms with van der Waals surface area (Å²) in [5, 5.41) is 13.7. The molecule has 1 aromatic heterocycles. The van der Waals surface area contributed by atoms with Crippen LogP contribution in [0.25, 0.3) is 5.69 Å². The third kappa shape index (κ3) is 5.19. The zero-order chi connectivity index (χ0) is 21.0. The van der Waals surface area contributed by atoms with E-state index in [1.165, 1.54) is 16.7 Å². The van der Waals surface area contributed by atoms with Gasteiger partial charge in [0.05, 0.1) is 11.3 Å². The van der Waals surface area contributed by atoms with Crippen LogP contribution in [0.1, 0.15) is 22.9 Å². The summed E-state index contributed by atoms with van der Waals surface area (Å²) in [6, 6.07) is 14.8. The highest BCUT2D eigenvalue weighted by Crippen LogP contribution is 2.30. The van der Waals surface area contributed by atoms with E-state index in [4.69, 9.17) is 11.6 Å². The number of rotatable bonds is 6. The first-order chi connectivity index (χ1) is 13.8. The number of nitrogens with one attached hydrogen (secondary N) is 1. The third-order valence-electron chi connectivity index (χ3n) is 4.41. The first-order valence-electron chi connectivity index (χ1n) is 8.81. The molecule has 1 unspecified atom stereocenters. The average Bonchev–Trinajstić information content (AvgIpc) is 3.18. The van der Waals surface area contributed by atoms with Crippen molar-refractivity contribution < 1.29 is 23.1 Å². The van der Waals surface area contributed by atoms with Crippen molar-refractivity contribution in [3.8, 4) is 5.69 Å². The molecule has 3 aromatic rings. The van der Waals surface area contributed by atoms with E-state index in [1.807, 2.05) is 12.1 Å². The molecule has 1 amide bonds. The summed E-state index contributed by atoms with van der Waals surface area (Å²) in [6.07, 6.45) is -3.75. The molecule has 2 N–H and O–H groups in total. The van der Waals surface area contributed by atoms with Crippen LogP contribution in [-0.2, 0) is 17.4 Å². The largest absolute Gasteiger partial charge is 0.416 e. The number of carbonyl (C=O) groups excluding carboxylic acids is 1. The molecule has 4 nitrogen and oxygen atoms in total. The van der Waals surface area contributed by atoms with E-state index in [0.29, 0.717) is 23.7 Å². The minimum absolute atomic E-state index is 0.258. The van der Waals surface area contributed by atoms with Crippen LogP contribution in [-0.4, -0.2) is 22.1 Å². The molecule has 0 aliphatic carbocycles. The van der Waals surface area contributed by atoms with E-state index in [0.717, 1.165) is 17.7 Å². The van der Waals surface area contributed by atoms with E-state index in [1.54, 1.807) is 30.5 Å². The number of hydrogen-bond acceptors (Lipinski definition) is 2. The Morgan fingerprint density at radius 2 is 1.72 bits per heavy atom. The number of carbonyl (C=O) groups is 1. The van der Waals surface area contributed by atoms with Crippen molar-refractivity contribution in [2.24, 2.45) is 0 Å². The lowest BCUT2D eigenvalue weighted by Crippen LogP contribution is -2.31. The van der Waals surface area contributed by atoms with Crippen molar-refractivity contribution in [1.29, 1.82) is 0 Å². The number of aliphatic hydroxyl groups excluding tert-OH is 1. The summed E-state index contributed by atoms with van der Waals surface area (Å²) in [4.78, 5) is 12.3. The van der Waals surface area contributed by atoms with Crippen LogP contribution in [0.4, 0.5) is 13.2 Å². The molecule has 1 heterocycles. The first-order valence-corrected chi connectivity index (χ1v) is 9.18. The maximum atomic E-state index is 12.7. The van der Waals surface area contributed by atoms with Gasteiger partial charge in [-0.3, -0.25) is 4.79 Å². The minimum Gasteiger partial charge on any atom is -0.377 e. The summed E-state index contributed by atoms with van der Waals surface area (Å²) in [5.74, 6) is -0.592. The monoisotopic (exact) mass is 422 g/mol. The Hall–Kier alpha value is -2.77. The zero-order valence-corrected chi connectivity index (χ0v) is 15.9. The molecule has 0 saturated heterocycles. The summed E-state index contributed by atoms with van der Waals surface area (Å²) in [7, 11) is 0. The fourth-order valence-corrected chi connectivity index (χ4v) is 3.00. The predicted octanol–water partition coefficient (Wildman–Crippen LogP) is 4.54. The number of nitrogens with zero attached hydrogens (tertiary/aromatic N) is 1. The number of amides is 1. The normalized spacial score (nSPS) is 12.6. The third-order valence-corrected chi connectivity index (χ3v) is 4.66. The van der Waals surface area contributed by atoms with Crippen LogP contribution in [0.5, 0.6) is 0 Å². The van der Waals surface area contributed by atoms with E-state index in [-0.39, 0.29) is 5.69 Å². The molecule has 8 heteroatoms. The second-order valence-electron chi connectivity index (χ2n) is 6.42. The van der Waals surface area contributed by atoms with Crippen LogP contribution >= 0.6 is 11.6 Å². The average molecular weight is 423 g/mol. The highest BCUT2D eigenvalue weighted by atomic mass is 35.5. The fraction of sp³-hybridized carbons (Fsp3) is 0.190. The quantitative estimate of drug-likeness (QED) is 0.612. The molecule has 0 bridgehead atoms. The lowest BCUT2D eigenvalue weighted by Gasteiger charge is -2.16. The van der Waals surface area contributed by atoms with Crippen LogP contribution in [0.15, 0.2) is 66.9 Å². The van der Waals surface area contributed by atoms with Gasteiger partial charge >= 0.3 is 6.18 Å². The summed E-state index contributed by atoms with van der Waals surface area (Å²) < 4.78 is 39.7. The van der Waals surface area contributed by atoms with Crippen LogP contribution in [0.3, 0.4) is 0 Å². The van der Waals surface area contributed by atoms with Crippen molar-refractivity contribution in [3.63, 3.8) is 0 Å². The Balaban J connectivity index is 1.65. The van der Waals surface area contributed by atoms with Gasteiger partial charge in [-0.25, -0.2) is 0 Å². The van der Waals surface area contributed by atoms with Gasteiger partial charge in [0.1, 0.15) is 0 Å². The molecule has 0 radical (unpaired) electrons. The molecule has 0 aliphatic heterocycles. The van der Waals surface area contributed by atoms with Gasteiger partial charge in [-0.1, -0.05) is 23.7 Å². The van der Waals surface area contributed by atoms with Crippen LogP contribution in [0, 0.1) is 0 Å². The maximum absolute atomic E-state index is 12.7. The van der Waals surface area contributed by atoms with Gasteiger partial charge in [-0.15, -0.1) is 0 Å². The number of alkyl halides is 3.